The number of pyridine rings is 1. The molecule has 0 radical (unpaired) electrons. The molecule has 5 heteroatoms. The molecule has 0 fully saturated rings. The van der Waals surface area contributed by atoms with Crippen LogP contribution < -0.4 is 4.72 Å². The van der Waals surface area contributed by atoms with E-state index >= 15 is 0 Å². The predicted molar refractivity (Wildman–Crippen MR) is 74.3 cm³/mol. The van der Waals surface area contributed by atoms with E-state index in [9.17, 15) is 8.42 Å². The van der Waals surface area contributed by atoms with Gasteiger partial charge in [-0.25, -0.2) is 13.1 Å². The van der Waals surface area contributed by atoms with Crippen molar-refractivity contribution in [2.45, 2.75) is 18.2 Å². The third-order valence-electron chi connectivity index (χ3n) is 2.75. The summed E-state index contributed by atoms with van der Waals surface area (Å²) < 4.78 is 26.7. The van der Waals surface area contributed by atoms with Crippen molar-refractivity contribution in [3.05, 3.63) is 59.9 Å². The van der Waals surface area contributed by atoms with Crippen LogP contribution in [0.25, 0.3) is 0 Å². The highest BCUT2D eigenvalue weighted by molar-refractivity contribution is 7.89. The summed E-state index contributed by atoms with van der Waals surface area (Å²) in [7, 11) is -3.42. The van der Waals surface area contributed by atoms with Crippen LogP contribution in [0, 0.1) is 6.92 Å². The lowest BCUT2D eigenvalue weighted by Crippen LogP contribution is -2.26. The quantitative estimate of drug-likeness (QED) is 0.907. The Morgan fingerprint density at radius 3 is 2.58 bits per heavy atom. The molecule has 0 spiro atoms. The van der Waals surface area contributed by atoms with Gasteiger partial charge in [-0.1, -0.05) is 12.1 Å². The molecule has 0 aliphatic carbocycles. The summed E-state index contributed by atoms with van der Waals surface area (Å²) in [6, 6.07) is 10.6. The number of nitrogens with zero attached hydrogens (tertiary/aromatic N) is 1. The van der Waals surface area contributed by atoms with Gasteiger partial charge < -0.3 is 0 Å². The highest BCUT2D eigenvalue weighted by Gasteiger charge is 2.12. The number of rotatable bonds is 5. The van der Waals surface area contributed by atoms with E-state index in [1.165, 1.54) is 0 Å². The molecule has 0 saturated heterocycles. The number of sulfonamides is 1. The first-order valence-corrected chi connectivity index (χ1v) is 7.51. The summed E-state index contributed by atoms with van der Waals surface area (Å²) >= 11 is 0. The van der Waals surface area contributed by atoms with Crippen molar-refractivity contribution in [3.8, 4) is 0 Å². The fourth-order valence-corrected chi connectivity index (χ4v) is 2.88. The van der Waals surface area contributed by atoms with Crippen molar-refractivity contribution >= 4 is 10.0 Å². The fraction of sp³-hybridized carbons (Fsp3) is 0.214. The lowest BCUT2D eigenvalue weighted by molar-refractivity contribution is 0.581. The van der Waals surface area contributed by atoms with Crippen molar-refractivity contribution in [3.63, 3.8) is 0 Å². The van der Waals surface area contributed by atoms with E-state index in [-0.39, 0.29) is 0 Å². The lowest BCUT2D eigenvalue weighted by atomic mass is 10.2. The smallest absolute Gasteiger partial charge is 0.240 e. The van der Waals surface area contributed by atoms with E-state index in [4.69, 9.17) is 0 Å². The van der Waals surface area contributed by atoms with E-state index in [2.05, 4.69) is 9.71 Å². The van der Waals surface area contributed by atoms with Crippen LogP contribution in [0.15, 0.2) is 53.7 Å². The van der Waals surface area contributed by atoms with Crippen LogP contribution in [0.4, 0.5) is 0 Å². The van der Waals surface area contributed by atoms with Crippen LogP contribution in [0.2, 0.25) is 0 Å². The Balaban J connectivity index is 1.99. The van der Waals surface area contributed by atoms with Gasteiger partial charge in [0.05, 0.1) is 4.90 Å². The van der Waals surface area contributed by atoms with Gasteiger partial charge in [-0.05, 0) is 48.7 Å². The maximum absolute atomic E-state index is 12.1. The van der Waals surface area contributed by atoms with Crippen LogP contribution >= 0.6 is 0 Å². The number of benzene rings is 1. The molecule has 0 aliphatic heterocycles. The maximum atomic E-state index is 12.1. The first-order valence-electron chi connectivity index (χ1n) is 6.03. The van der Waals surface area contributed by atoms with Gasteiger partial charge in [-0.3, -0.25) is 4.98 Å². The van der Waals surface area contributed by atoms with Crippen LogP contribution in [-0.2, 0) is 16.4 Å². The van der Waals surface area contributed by atoms with Gasteiger partial charge >= 0.3 is 0 Å². The number of hydrogen-bond donors (Lipinski definition) is 1. The third kappa shape index (κ3) is 3.87. The molecule has 0 bridgehead atoms. The monoisotopic (exact) mass is 276 g/mol. The highest BCUT2D eigenvalue weighted by atomic mass is 32.2. The molecule has 1 aromatic heterocycles. The van der Waals surface area contributed by atoms with E-state index in [1.807, 2.05) is 25.1 Å². The minimum atomic E-state index is -3.42. The first-order chi connectivity index (χ1) is 9.08. The van der Waals surface area contributed by atoms with E-state index in [1.54, 1.807) is 30.6 Å². The van der Waals surface area contributed by atoms with Crippen molar-refractivity contribution in [2.75, 3.05) is 6.54 Å². The average molecular weight is 276 g/mol. The van der Waals surface area contributed by atoms with Crippen molar-refractivity contribution in [1.82, 2.24) is 9.71 Å². The Labute approximate surface area is 113 Å². The Morgan fingerprint density at radius 2 is 1.89 bits per heavy atom. The lowest BCUT2D eigenvalue weighted by Gasteiger charge is -2.07. The Morgan fingerprint density at radius 1 is 1.16 bits per heavy atom. The van der Waals surface area contributed by atoms with Gasteiger partial charge in [-0.2, -0.15) is 0 Å². The summed E-state index contributed by atoms with van der Waals surface area (Å²) in [5.41, 5.74) is 1.99. The summed E-state index contributed by atoms with van der Waals surface area (Å²) in [6.07, 6.45) is 4.04. The van der Waals surface area contributed by atoms with E-state index in [0.717, 1.165) is 11.1 Å². The van der Waals surface area contributed by atoms with Crippen molar-refractivity contribution in [1.29, 1.82) is 0 Å². The second-order valence-corrected chi connectivity index (χ2v) is 6.09. The molecular weight excluding hydrogens is 260 g/mol. The molecule has 100 valence electrons. The molecule has 0 saturated carbocycles. The minimum absolute atomic E-state index is 0.308. The summed E-state index contributed by atoms with van der Waals surface area (Å²) in [5, 5.41) is 0. The Kier molecular flexibility index (Phi) is 4.29. The number of aryl methyl sites for hydroxylation is 1. The Bertz CT molecular complexity index is 640. The normalized spacial score (nSPS) is 11.4. The number of aromatic nitrogens is 1. The molecule has 0 atom stereocenters. The van der Waals surface area contributed by atoms with Crippen LogP contribution in [0.1, 0.15) is 11.1 Å². The Hall–Kier alpha value is -1.72. The zero-order valence-electron chi connectivity index (χ0n) is 10.7. The van der Waals surface area contributed by atoms with Crippen molar-refractivity contribution in [2.24, 2.45) is 0 Å². The van der Waals surface area contributed by atoms with Gasteiger partial charge in [0.15, 0.2) is 0 Å². The minimum Gasteiger partial charge on any atom is -0.265 e. The zero-order chi connectivity index (χ0) is 13.7. The largest absolute Gasteiger partial charge is 0.265 e. The third-order valence-corrected chi connectivity index (χ3v) is 4.21. The molecule has 0 aliphatic rings. The second-order valence-electron chi connectivity index (χ2n) is 4.32. The van der Waals surface area contributed by atoms with Crippen LogP contribution in [-0.4, -0.2) is 19.9 Å². The number of nitrogens with one attached hydrogen (secondary N) is 1. The molecule has 2 aromatic rings. The summed E-state index contributed by atoms with van der Waals surface area (Å²) in [4.78, 5) is 4.23. The van der Waals surface area contributed by atoms with Crippen LogP contribution in [0.5, 0.6) is 0 Å². The summed E-state index contributed by atoms with van der Waals surface area (Å²) in [6.45, 7) is 2.25. The molecule has 1 N–H and O–H groups in total. The predicted octanol–water partition coefficient (Wildman–Crippen LogP) is 1.91. The fourth-order valence-electron chi connectivity index (χ4n) is 1.75. The molecule has 4 nitrogen and oxygen atoms in total. The van der Waals surface area contributed by atoms with Gasteiger partial charge in [0.2, 0.25) is 10.0 Å². The second kappa shape index (κ2) is 5.95. The topological polar surface area (TPSA) is 59.1 Å². The standard InChI is InChI=1S/C14H16N2O2S/c1-12-3-2-4-14(11-12)19(17,18)16-10-7-13-5-8-15-9-6-13/h2-6,8-9,11,16H,7,10H2,1H3. The van der Waals surface area contributed by atoms with Crippen LogP contribution in [0.3, 0.4) is 0 Å². The van der Waals surface area contributed by atoms with Gasteiger partial charge in [0, 0.05) is 18.9 Å². The van der Waals surface area contributed by atoms with Gasteiger partial charge in [-0.15, -0.1) is 0 Å². The highest BCUT2D eigenvalue weighted by Crippen LogP contribution is 2.10. The first kappa shape index (κ1) is 13.7. The maximum Gasteiger partial charge on any atom is 0.240 e. The summed E-state index contributed by atoms with van der Waals surface area (Å²) in [5.74, 6) is 0. The van der Waals surface area contributed by atoms with Gasteiger partial charge in [0.1, 0.15) is 0 Å². The molecule has 1 aromatic carbocycles. The molecule has 0 unspecified atom stereocenters. The average Bonchev–Trinajstić information content (AvgIpc) is 2.40. The van der Waals surface area contributed by atoms with E-state index < -0.39 is 10.0 Å². The zero-order valence-corrected chi connectivity index (χ0v) is 11.5. The number of hydrogen-bond acceptors (Lipinski definition) is 3. The molecule has 1 heterocycles. The molecule has 0 amide bonds. The van der Waals surface area contributed by atoms with Gasteiger partial charge in [0.25, 0.3) is 0 Å². The van der Waals surface area contributed by atoms with Crippen molar-refractivity contribution < 1.29 is 8.42 Å². The molecular formula is C14H16N2O2S. The SMILES string of the molecule is Cc1cccc(S(=O)(=O)NCCc2ccncc2)c1. The van der Waals surface area contributed by atoms with E-state index in [0.29, 0.717) is 17.9 Å². The molecule has 19 heavy (non-hydrogen) atoms. The molecule has 2 rings (SSSR count).